The van der Waals surface area contributed by atoms with Crippen LogP contribution in [0.3, 0.4) is 0 Å². The summed E-state index contributed by atoms with van der Waals surface area (Å²) in [5.74, 6) is 1.83. The molecule has 0 radical (unpaired) electrons. The molecule has 0 aliphatic rings. The first kappa shape index (κ1) is 16.0. The van der Waals surface area contributed by atoms with Gasteiger partial charge in [0.1, 0.15) is 11.6 Å². The van der Waals surface area contributed by atoms with E-state index in [-0.39, 0.29) is 12.5 Å². The number of rotatable bonds is 4. The second-order valence-corrected chi connectivity index (χ2v) is 5.87. The van der Waals surface area contributed by atoms with Gasteiger partial charge in [-0.05, 0) is 26.0 Å². The number of hydrogen-bond acceptors (Lipinski definition) is 5. The number of anilines is 1. The first-order chi connectivity index (χ1) is 11.5. The van der Waals surface area contributed by atoms with Crippen LogP contribution >= 0.6 is 0 Å². The summed E-state index contributed by atoms with van der Waals surface area (Å²) in [4.78, 5) is 23.4. The zero-order valence-corrected chi connectivity index (χ0v) is 14.3. The molecule has 2 aromatic heterocycles. The Morgan fingerprint density at radius 2 is 1.96 bits per heavy atom. The van der Waals surface area contributed by atoms with Crippen LogP contribution in [0.25, 0.3) is 10.9 Å². The highest BCUT2D eigenvalue weighted by Gasteiger charge is 2.15. The topological polar surface area (TPSA) is 71.3 Å². The zero-order valence-electron chi connectivity index (χ0n) is 14.3. The standard InChI is InChI=1S/C18H20N4O2/c1-11-12(2)24-17(20-11)10-19-18(23)14-9-16(22(3)4)21-15-8-6-5-7-13(14)15/h5-9H,10H2,1-4H3,(H,19,23). The molecular weight excluding hydrogens is 304 g/mol. The molecule has 0 spiro atoms. The van der Waals surface area contributed by atoms with Crippen molar-refractivity contribution in [1.82, 2.24) is 15.3 Å². The van der Waals surface area contributed by atoms with Crippen LogP contribution in [0.1, 0.15) is 27.7 Å². The normalized spacial score (nSPS) is 10.8. The third kappa shape index (κ3) is 3.08. The van der Waals surface area contributed by atoms with Gasteiger partial charge in [0.2, 0.25) is 5.89 Å². The quantitative estimate of drug-likeness (QED) is 0.799. The minimum Gasteiger partial charge on any atom is -0.444 e. The van der Waals surface area contributed by atoms with E-state index in [4.69, 9.17) is 4.42 Å². The average molecular weight is 324 g/mol. The van der Waals surface area contributed by atoms with Gasteiger partial charge in [0.15, 0.2) is 0 Å². The number of para-hydroxylation sites is 1. The fourth-order valence-corrected chi connectivity index (χ4v) is 2.44. The summed E-state index contributed by atoms with van der Waals surface area (Å²) in [6, 6.07) is 9.41. The molecule has 0 saturated carbocycles. The Bertz CT molecular complexity index is 880. The number of aryl methyl sites for hydroxylation is 2. The van der Waals surface area contributed by atoms with Crippen molar-refractivity contribution in [1.29, 1.82) is 0 Å². The van der Waals surface area contributed by atoms with E-state index in [1.807, 2.05) is 57.1 Å². The summed E-state index contributed by atoms with van der Waals surface area (Å²) in [7, 11) is 3.80. The summed E-state index contributed by atoms with van der Waals surface area (Å²) < 4.78 is 5.50. The van der Waals surface area contributed by atoms with E-state index in [9.17, 15) is 4.79 Å². The largest absolute Gasteiger partial charge is 0.444 e. The molecule has 1 aromatic carbocycles. The van der Waals surface area contributed by atoms with E-state index >= 15 is 0 Å². The van der Waals surface area contributed by atoms with Gasteiger partial charge in [-0.15, -0.1) is 0 Å². The SMILES string of the molecule is Cc1nc(CNC(=O)c2cc(N(C)C)nc3ccccc23)oc1C. The van der Waals surface area contributed by atoms with Gasteiger partial charge in [0, 0.05) is 19.5 Å². The van der Waals surface area contributed by atoms with Crippen molar-refractivity contribution in [2.24, 2.45) is 0 Å². The third-order valence-corrected chi connectivity index (χ3v) is 3.88. The molecule has 124 valence electrons. The Kier molecular flexibility index (Phi) is 4.20. The van der Waals surface area contributed by atoms with Crippen molar-refractivity contribution < 1.29 is 9.21 Å². The Hall–Kier alpha value is -2.89. The summed E-state index contributed by atoms with van der Waals surface area (Å²) in [6.45, 7) is 3.98. The fourth-order valence-electron chi connectivity index (χ4n) is 2.44. The second-order valence-electron chi connectivity index (χ2n) is 5.87. The highest BCUT2D eigenvalue weighted by molar-refractivity contribution is 6.06. The fraction of sp³-hybridized carbons (Fsp3) is 0.278. The number of amides is 1. The first-order valence-corrected chi connectivity index (χ1v) is 7.74. The van der Waals surface area contributed by atoms with Crippen LogP contribution in [0, 0.1) is 13.8 Å². The molecule has 3 rings (SSSR count). The Morgan fingerprint density at radius 3 is 2.62 bits per heavy atom. The number of nitrogens with zero attached hydrogens (tertiary/aromatic N) is 3. The van der Waals surface area contributed by atoms with Gasteiger partial charge in [-0.1, -0.05) is 18.2 Å². The van der Waals surface area contributed by atoms with Crippen LogP contribution in [0.4, 0.5) is 5.82 Å². The highest BCUT2D eigenvalue weighted by Crippen LogP contribution is 2.22. The molecule has 2 heterocycles. The van der Waals surface area contributed by atoms with E-state index in [2.05, 4.69) is 15.3 Å². The smallest absolute Gasteiger partial charge is 0.252 e. The Balaban J connectivity index is 1.90. The van der Waals surface area contributed by atoms with Gasteiger partial charge >= 0.3 is 0 Å². The minimum absolute atomic E-state index is 0.176. The number of oxazole rings is 1. The van der Waals surface area contributed by atoms with Gasteiger partial charge in [-0.2, -0.15) is 0 Å². The van der Waals surface area contributed by atoms with Crippen LogP contribution in [-0.4, -0.2) is 30.0 Å². The lowest BCUT2D eigenvalue weighted by molar-refractivity contribution is 0.0948. The van der Waals surface area contributed by atoms with Crippen LogP contribution in [0.5, 0.6) is 0 Å². The monoisotopic (exact) mass is 324 g/mol. The molecule has 0 bridgehead atoms. The summed E-state index contributed by atoms with van der Waals surface area (Å²) in [5.41, 5.74) is 2.21. The van der Waals surface area contributed by atoms with E-state index in [1.54, 1.807) is 6.07 Å². The molecule has 0 saturated heterocycles. The van der Waals surface area contributed by atoms with Gasteiger partial charge in [0.25, 0.3) is 5.91 Å². The third-order valence-electron chi connectivity index (χ3n) is 3.88. The molecule has 0 unspecified atom stereocenters. The van der Waals surface area contributed by atoms with Gasteiger partial charge in [-0.3, -0.25) is 4.79 Å². The van der Waals surface area contributed by atoms with Crippen LogP contribution < -0.4 is 10.2 Å². The number of pyridine rings is 1. The molecule has 1 amide bonds. The molecule has 24 heavy (non-hydrogen) atoms. The Morgan fingerprint density at radius 1 is 1.21 bits per heavy atom. The first-order valence-electron chi connectivity index (χ1n) is 7.74. The van der Waals surface area contributed by atoms with Crippen molar-refractivity contribution in [2.45, 2.75) is 20.4 Å². The second kappa shape index (κ2) is 6.31. The number of fused-ring (bicyclic) bond motifs is 1. The maximum Gasteiger partial charge on any atom is 0.252 e. The highest BCUT2D eigenvalue weighted by atomic mass is 16.4. The zero-order chi connectivity index (χ0) is 17.3. The molecule has 0 aliphatic carbocycles. The maximum absolute atomic E-state index is 12.7. The summed E-state index contributed by atoms with van der Waals surface area (Å²) in [6.07, 6.45) is 0. The van der Waals surface area contributed by atoms with Gasteiger partial charge in [-0.25, -0.2) is 9.97 Å². The maximum atomic E-state index is 12.7. The molecule has 6 heteroatoms. The van der Waals surface area contributed by atoms with Crippen LogP contribution in [0.15, 0.2) is 34.7 Å². The number of carbonyl (C=O) groups is 1. The van der Waals surface area contributed by atoms with Gasteiger partial charge in [0.05, 0.1) is 23.3 Å². The number of aromatic nitrogens is 2. The average Bonchev–Trinajstić information content (AvgIpc) is 2.89. The lowest BCUT2D eigenvalue weighted by Gasteiger charge is -2.14. The van der Waals surface area contributed by atoms with E-state index in [1.165, 1.54) is 0 Å². The number of hydrogen-bond donors (Lipinski definition) is 1. The number of carbonyl (C=O) groups excluding carboxylic acids is 1. The molecule has 0 atom stereocenters. The van der Waals surface area contributed by atoms with Crippen LogP contribution in [-0.2, 0) is 6.54 Å². The lowest BCUT2D eigenvalue weighted by atomic mass is 10.1. The molecule has 3 aromatic rings. The van der Waals surface area contributed by atoms with E-state index in [0.29, 0.717) is 11.5 Å². The molecular formula is C18H20N4O2. The lowest BCUT2D eigenvalue weighted by Crippen LogP contribution is -2.24. The van der Waals surface area contributed by atoms with Crippen molar-refractivity contribution in [3.8, 4) is 0 Å². The van der Waals surface area contributed by atoms with Crippen molar-refractivity contribution in [3.63, 3.8) is 0 Å². The Labute approximate surface area is 140 Å². The van der Waals surface area contributed by atoms with Crippen LogP contribution in [0.2, 0.25) is 0 Å². The molecule has 0 fully saturated rings. The molecule has 6 nitrogen and oxygen atoms in total. The van der Waals surface area contributed by atoms with Crippen molar-refractivity contribution in [3.05, 3.63) is 53.2 Å². The number of benzene rings is 1. The summed E-state index contributed by atoms with van der Waals surface area (Å²) >= 11 is 0. The predicted molar refractivity (Wildman–Crippen MR) is 93.2 cm³/mol. The molecule has 1 N–H and O–H groups in total. The van der Waals surface area contributed by atoms with Gasteiger partial charge < -0.3 is 14.6 Å². The minimum atomic E-state index is -0.176. The van der Waals surface area contributed by atoms with E-state index < -0.39 is 0 Å². The van der Waals surface area contributed by atoms with E-state index in [0.717, 1.165) is 28.2 Å². The number of nitrogens with one attached hydrogen (secondary N) is 1. The van der Waals surface area contributed by atoms with Crippen molar-refractivity contribution in [2.75, 3.05) is 19.0 Å². The summed E-state index contributed by atoms with van der Waals surface area (Å²) in [5, 5.41) is 3.69. The molecule has 0 aliphatic heterocycles. The predicted octanol–water partition coefficient (Wildman–Crippen LogP) is 2.84. The van der Waals surface area contributed by atoms with Crippen molar-refractivity contribution >= 4 is 22.6 Å².